The van der Waals surface area contributed by atoms with Crippen LogP contribution in [-0.4, -0.2) is 41.0 Å². The summed E-state index contributed by atoms with van der Waals surface area (Å²) in [5, 5.41) is 10.6. The van der Waals surface area contributed by atoms with Crippen molar-refractivity contribution in [3.63, 3.8) is 0 Å². The van der Waals surface area contributed by atoms with Crippen molar-refractivity contribution in [1.82, 2.24) is 15.4 Å². The predicted molar refractivity (Wildman–Crippen MR) is 94.9 cm³/mol. The SMILES string of the molecule is O=C(NC1CCN(C(=O)c2cc(-c3ccco3)on2)CC1)c1ccsc1. The Kier molecular flexibility index (Phi) is 4.57. The van der Waals surface area contributed by atoms with Gasteiger partial charge in [-0.1, -0.05) is 5.16 Å². The summed E-state index contributed by atoms with van der Waals surface area (Å²) in [4.78, 5) is 26.4. The van der Waals surface area contributed by atoms with Crippen LogP contribution in [0.3, 0.4) is 0 Å². The Bertz CT molecular complexity index is 878. The van der Waals surface area contributed by atoms with E-state index in [1.54, 1.807) is 29.2 Å². The fourth-order valence-electron chi connectivity index (χ4n) is 2.96. The maximum atomic E-state index is 12.6. The standard InChI is InChI=1S/C18H17N3O4S/c22-17(12-5-9-26-11-12)19-13-3-6-21(7-4-13)18(23)14-10-16(25-20-14)15-2-1-8-24-15/h1-2,5,8-11,13H,3-4,6-7H2,(H,19,22). The van der Waals surface area contributed by atoms with E-state index in [9.17, 15) is 9.59 Å². The van der Waals surface area contributed by atoms with Crippen molar-refractivity contribution < 1.29 is 18.5 Å². The molecule has 0 aromatic carbocycles. The normalized spacial score (nSPS) is 15.2. The molecule has 1 N–H and O–H groups in total. The molecule has 0 saturated carbocycles. The minimum absolute atomic E-state index is 0.0596. The van der Waals surface area contributed by atoms with Gasteiger partial charge in [-0.05, 0) is 36.4 Å². The van der Waals surface area contributed by atoms with E-state index < -0.39 is 0 Å². The summed E-state index contributed by atoms with van der Waals surface area (Å²) in [6.07, 6.45) is 2.96. The molecule has 0 radical (unpaired) electrons. The van der Waals surface area contributed by atoms with Gasteiger partial charge in [-0.15, -0.1) is 0 Å². The lowest BCUT2D eigenvalue weighted by atomic mass is 10.0. The molecule has 1 aliphatic rings. The maximum absolute atomic E-state index is 12.6. The van der Waals surface area contributed by atoms with Crippen molar-refractivity contribution in [2.75, 3.05) is 13.1 Å². The minimum Gasteiger partial charge on any atom is -0.461 e. The minimum atomic E-state index is -0.172. The molecule has 8 heteroatoms. The number of rotatable bonds is 4. The first-order valence-corrected chi connectivity index (χ1v) is 9.28. The first-order chi connectivity index (χ1) is 12.7. The average molecular weight is 371 g/mol. The Hall–Kier alpha value is -2.87. The lowest BCUT2D eigenvalue weighted by Gasteiger charge is -2.31. The van der Waals surface area contributed by atoms with Gasteiger partial charge in [-0.3, -0.25) is 9.59 Å². The molecule has 1 aliphatic heterocycles. The highest BCUT2D eigenvalue weighted by molar-refractivity contribution is 7.08. The molecule has 3 aromatic heterocycles. The number of carbonyl (C=O) groups is 2. The van der Waals surface area contributed by atoms with Crippen molar-refractivity contribution >= 4 is 23.2 Å². The highest BCUT2D eigenvalue weighted by Crippen LogP contribution is 2.22. The zero-order chi connectivity index (χ0) is 17.9. The van der Waals surface area contributed by atoms with E-state index >= 15 is 0 Å². The number of amides is 2. The Morgan fingerprint density at radius 2 is 2.08 bits per heavy atom. The van der Waals surface area contributed by atoms with Crippen LogP contribution in [0.2, 0.25) is 0 Å². The van der Waals surface area contributed by atoms with Crippen LogP contribution in [0, 0.1) is 0 Å². The summed E-state index contributed by atoms with van der Waals surface area (Å²) in [7, 11) is 0. The number of hydrogen-bond acceptors (Lipinski definition) is 6. The van der Waals surface area contributed by atoms with Crippen LogP contribution in [-0.2, 0) is 0 Å². The van der Waals surface area contributed by atoms with E-state index in [1.165, 1.54) is 17.6 Å². The van der Waals surface area contributed by atoms with Gasteiger partial charge in [0.15, 0.2) is 11.5 Å². The number of furan rings is 1. The number of carbonyl (C=O) groups excluding carboxylic acids is 2. The molecule has 4 rings (SSSR count). The van der Waals surface area contributed by atoms with E-state index in [-0.39, 0.29) is 23.6 Å². The van der Waals surface area contributed by atoms with Crippen molar-refractivity contribution in [3.05, 3.63) is 52.5 Å². The Labute approximate surface area is 153 Å². The summed E-state index contributed by atoms with van der Waals surface area (Å²) >= 11 is 1.50. The number of thiophene rings is 1. The molecule has 4 heterocycles. The van der Waals surface area contributed by atoms with E-state index in [1.807, 2.05) is 10.8 Å². The van der Waals surface area contributed by atoms with Gasteiger partial charge in [0.25, 0.3) is 11.8 Å². The number of piperidine rings is 1. The van der Waals surface area contributed by atoms with Crippen LogP contribution in [0.1, 0.15) is 33.7 Å². The van der Waals surface area contributed by atoms with Crippen LogP contribution in [0.25, 0.3) is 11.5 Å². The monoisotopic (exact) mass is 371 g/mol. The summed E-state index contributed by atoms with van der Waals surface area (Å²) < 4.78 is 10.4. The Morgan fingerprint density at radius 1 is 1.23 bits per heavy atom. The maximum Gasteiger partial charge on any atom is 0.276 e. The Balaban J connectivity index is 1.33. The second-order valence-corrected chi connectivity index (χ2v) is 6.89. The molecule has 0 aliphatic carbocycles. The fourth-order valence-corrected chi connectivity index (χ4v) is 3.60. The van der Waals surface area contributed by atoms with Gasteiger partial charge in [0.05, 0.1) is 6.26 Å². The predicted octanol–water partition coefficient (Wildman–Crippen LogP) is 3.03. The zero-order valence-electron chi connectivity index (χ0n) is 13.9. The fraction of sp³-hybridized carbons (Fsp3) is 0.278. The van der Waals surface area contributed by atoms with Gasteiger partial charge >= 0.3 is 0 Å². The molecule has 0 spiro atoms. The van der Waals surface area contributed by atoms with Crippen molar-refractivity contribution in [1.29, 1.82) is 0 Å². The largest absolute Gasteiger partial charge is 0.461 e. The highest BCUT2D eigenvalue weighted by Gasteiger charge is 2.27. The van der Waals surface area contributed by atoms with Gasteiger partial charge in [0, 0.05) is 36.1 Å². The molecular weight excluding hydrogens is 354 g/mol. The molecule has 1 saturated heterocycles. The molecular formula is C18H17N3O4S. The lowest BCUT2D eigenvalue weighted by Crippen LogP contribution is -2.46. The smallest absolute Gasteiger partial charge is 0.276 e. The van der Waals surface area contributed by atoms with Crippen LogP contribution < -0.4 is 5.32 Å². The molecule has 0 atom stereocenters. The lowest BCUT2D eigenvalue weighted by molar-refractivity contribution is 0.0688. The summed E-state index contributed by atoms with van der Waals surface area (Å²) in [6, 6.07) is 6.96. The van der Waals surface area contributed by atoms with Gasteiger partial charge < -0.3 is 19.2 Å². The molecule has 0 bridgehead atoms. The molecule has 1 fully saturated rings. The summed E-state index contributed by atoms with van der Waals surface area (Å²) in [5.74, 6) is 0.729. The molecule has 134 valence electrons. The number of hydrogen-bond donors (Lipinski definition) is 1. The van der Waals surface area contributed by atoms with Gasteiger partial charge in [0.1, 0.15) is 0 Å². The first kappa shape index (κ1) is 16.6. The van der Waals surface area contributed by atoms with E-state index in [4.69, 9.17) is 8.94 Å². The second-order valence-electron chi connectivity index (χ2n) is 6.11. The Morgan fingerprint density at radius 3 is 2.77 bits per heavy atom. The summed E-state index contributed by atoms with van der Waals surface area (Å²) in [6.45, 7) is 1.13. The molecule has 7 nitrogen and oxygen atoms in total. The van der Waals surface area contributed by atoms with Crippen molar-refractivity contribution in [2.24, 2.45) is 0 Å². The third kappa shape index (κ3) is 3.41. The second kappa shape index (κ2) is 7.17. The highest BCUT2D eigenvalue weighted by atomic mass is 32.1. The van der Waals surface area contributed by atoms with Gasteiger partial charge in [0.2, 0.25) is 5.76 Å². The van der Waals surface area contributed by atoms with Crippen LogP contribution in [0.5, 0.6) is 0 Å². The van der Waals surface area contributed by atoms with E-state index in [2.05, 4.69) is 10.5 Å². The number of likely N-dealkylation sites (tertiary alicyclic amines) is 1. The molecule has 26 heavy (non-hydrogen) atoms. The van der Waals surface area contributed by atoms with Crippen LogP contribution in [0.15, 0.2) is 50.2 Å². The van der Waals surface area contributed by atoms with Crippen molar-refractivity contribution in [2.45, 2.75) is 18.9 Å². The number of aromatic nitrogens is 1. The van der Waals surface area contributed by atoms with E-state index in [0.29, 0.717) is 43.0 Å². The number of nitrogens with one attached hydrogen (secondary N) is 1. The first-order valence-electron chi connectivity index (χ1n) is 8.33. The third-order valence-electron chi connectivity index (χ3n) is 4.39. The average Bonchev–Trinajstić information content (AvgIpc) is 3.43. The van der Waals surface area contributed by atoms with Crippen molar-refractivity contribution in [3.8, 4) is 11.5 Å². The zero-order valence-corrected chi connectivity index (χ0v) is 14.7. The van der Waals surface area contributed by atoms with Gasteiger partial charge in [-0.2, -0.15) is 11.3 Å². The molecule has 2 amide bonds. The number of nitrogens with zero attached hydrogens (tertiary/aromatic N) is 2. The van der Waals surface area contributed by atoms with Crippen LogP contribution in [0.4, 0.5) is 0 Å². The molecule has 0 unspecified atom stereocenters. The molecule has 3 aromatic rings. The quantitative estimate of drug-likeness (QED) is 0.761. The van der Waals surface area contributed by atoms with E-state index in [0.717, 1.165) is 0 Å². The van der Waals surface area contributed by atoms with Crippen LogP contribution >= 0.6 is 11.3 Å². The third-order valence-corrected chi connectivity index (χ3v) is 5.08. The van der Waals surface area contributed by atoms with Gasteiger partial charge in [-0.25, -0.2) is 0 Å². The summed E-state index contributed by atoms with van der Waals surface area (Å²) in [5.41, 5.74) is 0.943. The topological polar surface area (TPSA) is 88.6 Å².